The molecular formula is C12H9FN2O2S. The maximum absolute atomic E-state index is 12.9. The summed E-state index contributed by atoms with van der Waals surface area (Å²) in [5.74, 6) is -0.895. The van der Waals surface area contributed by atoms with E-state index in [2.05, 4.69) is 9.97 Å². The summed E-state index contributed by atoms with van der Waals surface area (Å²) in [6, 6.07) is 4.30. The Kier molecular flexibility index (Phi) is 3.88. The van der Waals surface area contributed by atoms with Crippen molar-refractivity contribution in [2.24, 2.45) is 0 Å². The van der Waals surface area contributed by atoms with E-state index in [9.17, 15) is 9.18 Å². The van der Waals surface area contributed by atoms with Gasteiger partial charge in [0.2, 0.25) is 0 Å². The third kappa shape index (κ3) is 3.27. The van der Waals surface area contributed by atoms with Gasteiger partial charge in [-0.2, -0.15) is 0 Å². The van der Waals surface area contributed by atoms with Gasteiger partial charge < -0.3 is 5.11 Å². The highest BCUT2D eigenvalue weighted by molar-refractivity contribution is 7.98. The highest BCUT2D eigenvalue weighted by Crippen LogP contribution is 2.21. The lowest BCUT2D eigenvalue weighted by Crippen LogP contribution is -1.96. The summed E-state index contributed by atoms with van der Waals surface area (Å²) in [5.41, 5.74) is 0.910. The van der Waals surface area contributed by atoms with E-state index < -0.39 is 5.97 Å². The van der Waals surface area contributed by atoms with Gasteiger partial charge in [-0.1, -0.05) is 0 Å². The molecule has 0 aliphatic carbocycles. The van der Waals surface area contributed by atoms with Gasteiger partial charge in [0.25, 0.3) is 0 Å². The van der Waals surface area contributed by atoms with Crippen molar-refractivity contribution >= 4 is 17.7 Å². The number of carboxylic acids is 1. The second kappa shape index (κ2) is 5.59. The van der Waals surface area contributed by atoms with Crippen molar-refractivity contribution in [2.75, 3.05) is 0 Å². The first-order valence-electron chi connectivity index (χ1n) is 5.07. The maximum Gasteiger partial charge on any atom is 0.335 e. The first-order valence-corrected chi connectivity index (χ1v) is 6.05. The molecule has 2 aromatic heterocycles. The Hall–Kier alpha value is -1.95. The van der Waals surface area contributed by atoms with Crippen LogP contribution in [0.1, 0.15) is 15.9 Å². The van der Waals surface area contributed by atoms with Gasteiger partial charge in [-0.25, -0.2) is 14.2 Å². The van der Waals surface area contributed by atoms with Crippen LogP contribution in [0, 0.1) is 5.82 Å². The lowest BCUT2D eigenvalue weighted by Gasteiger charge is -2.02. The average Bonchev–Trinajstić information content (AvgIpc) is 2.37. The molecule has 0 saturated heterocycles. The zero-order valence-corrected chi connectivity index (χ0v) is 10.0. The highest BCUT2D eigenvalue weighted by atomic mass is 32.2. The minimum Gasteiger partial charge on any atom is -0.478 e. The van der Waals surface area contributed by atoms with Crippen molar-refractivity contribution in [1.29, 1.82) is 0 Å². The van der Waals surface area contributed by atoms with E-state index in [1.165, 1.54) is 36.2 Å². The first-order chi connectivity index (χ1) is 8.65. The van der Waals surface area contributed by atoms with E-state index in [1.807, 2.05) is 0 Å². The van der Waals surface area contributed by atoms with Crippen LogP contribution in [-0.4, -0.2) is 21.0 Å². The summed E-state index contributed by atoms with van der Waals surface area (Å²) in [7, 11) is 0. The summed E-state index contributed by atoms with van der Waals surface area (Å²) in [4.78, 5) is 18.6. The second-order valence-corrected chi connectivity index (χ2v) is 4.48. The maximum atomic E-state index is 12.9. The number of thioether (sulfide) groups is 1. The van der Waals surface area contributed by atoms with Crippen LogP contribution in [0.4, 0.5) is 4.39 Å². The molecule has 0 unspecified atom stereocenters. The van der Waals surface area contributed by atoms with Crippen molar-refractivity contribution in [3.8, 4) is 0 Å². The standard InChI is InChI=1S/C12H9FN2O2S/c13-10-3-8(5-14-6-10)7-18-11-4-9(12(16)17)1-2-15-11/h1-6H,7H2,(H,16,17). The molecule has 4 nitrogen and oxygen atoms in total. The topological polar surface area (TPSA) is 63.1 Å². The molecule has 2 aromatic rings. The molecule has 0 saturated carbocycles. The van der Waals surface area contributed by atoms with Crippen molar-refractivity contribution in [2.45, 2.75) is 10.8 Å². The van der Waals surface area contributed by atoms with Crippen LogP contribution in [-0.2, 0) is 5.75 Å². The van der Waals surface area contributed by atoms with Crippen molar-refractivity contribution in [1.82, 2.24) is 9.97 Å². The molecule has 92 valence electrons. The number of aromatic carboxylic acids is 1. The quantitative estimate of drug-likeness (QED) is 0.860. The lowest BCUT2D eigenvalue weighted by molar-refractivity contribution is 0.0696. The molecule has 18 heavy (non-hydrogen) atoms. The van der Waals surface area contributed by atoms with Crippen LogP contribution >= 0.6 is 11.8 Å². The number of pyridine rings is 2. The monoisotopic (exact) mass is 264 g/mol. The van der Waals surface area contributed by atoms with Crippen LogP contribution < -0.4 is 0 Å². The van der Waals surface area contributed by atoms with E-state index in [0.29, 0.717) is 10.8 Å². The Morgan fingerprint density at radius 2 is 2.22 bits per heavy atom. The molecule has 0 fully saturated rings. The fourth-order valence-corrected chi connectivity index (χ4v) is 2.13. The van der Waals surface area contributed by atoms with Gasteiger partial charge in [0, 0.05) is 18.1 Å². The molecule has 2 rings (SSSR count). The number of aromatic nitrogens is 2. The van der Waals surface area contributed by atoms with E-state index in [-0.39, 0.29) is 11.4 Å². The molecule has 6 heteroatoms. The van der Waals surface area contributed by atoms with Gasteiger partial charge in [-0.15, -0.1) is 11.8 Å². The molecule has 0 aromatic carbocycles. The van der Waals surface area contributed by atoms with E-state index in [1.54, 1.807) is 6.20 Å². The number of carbonyl (C=O) groups is 1. The Bertz CT molecular complexity index is 578. The smallest absolute Gasteiger partial charge is 0.335 e. The van der Waals surface area contributed by atoms with E-state index in [0.717, 1.165) is 11.8 Å². The van der Waals surface area contributed by atoms with Crippen LogP contribution in [0.3, 0.4) is 0 Å². The average molecular weight is 264 g/mol. The Morgan fingerprint density at radius 1 is 1.39 bits per heavy atom. The minimum absolute atomic E-state index is 0.185. The van der Waals surface area contributed by atoms with Gasteiger partial charge in [0.05, 0.1) is 16.8 Å². The summed E-state index contributed by atoms with van der Waals surface area (Å²) in [6.07, 6.45) is 4.14. The number of nitrogens with zero attached hydrogens (tertiary/aromatic N) is 2. The summed E-state index contributed by atoms with van der Waals surface area (Å²) in [5, 5.41) is 9.42. The van der Waals surface area contributed by atoms with Gasteiger partial charge >= 0.3 is 5.97 Å². The Labute approximate surface area is 107 Å². The Morgan fingerprint density at radius 3 is 2.94 bits per heavy atom. The molecule has 0 radical (unpaired) electrons. The molecular weight excluding hydrogens is 255 g/mol. The van der Waals surface area contributed by atoms with Crippen molar-refractivity contribution < 1.29 is 14.3 Å². The second-order valence-electron chi connectivity index (χ2n) is 3.49. The fourth-order valence-electron chi connectivity index (χ4n) is 1.31. The van der Waals surface area contributed by atoms with Gasteiger partial charge in [-0.05, 0) is 23.8 Å². The highest BCUT2D eigenvalue weighted by Gasteiger charge is 2.05. The summed E-state index contributed by atoms with van der Waals surface area (Å²) >= 11 is 1.33. The molecule has 0 atom stereocenters. The zero-order valence-electron chi connectivity index (χ0n) is 9.21. The first kappa shape index (κ1) is 12.5. The molecule has 2 heterocycles. The lowest BCUT2D eigenvalue weighted by atomic mass is 10.3. The van der Waals surface area contributed by atoms with Crippen LogP contribution in [0.15, 0.2) is 41.8 Å². The molecule has 0 aliphatic heterocycles. The Balaban J connectivity index is 2.06. The fraction of sp³-hybridized carbons (Fsp3) is 0.0833. The molecule has 1 N–H and O–H groups in total. The molecule has 0 bridgehead atoms. The van der Waals surface area contributed by atoms with Crippen LogP contribution in [0.5, 0.6) is 0 Å². The minimum atomic E-state index is -0.994. The molecule has 0 spiro atoms. The summed E-state index contributed by atoms with van der Waals surface area (Å²) in [6.45, 7) is 0. The van der Waals surface area contributed by atoms with Crippen LogP contribution in [0.25, 0.3) is 0 Å². The third-order valence-electron chi connectivity index (χ3n) is 2.13. The third-order valence-corrected chi connectivity index (χ3v) is 3.13. The molecule has 0 amide bonds. The van der Waals surface area contributed by atoms with Gasteiger partial charge in [0.1, 0.15) is 5.82 Å². The van der Waals surface area contributed by atoms with Crippen molar-refractivity contribution in [3.63, 3.8) is 0 Å². The van der Waals surface area contributed by atoms with Crippen LogP contribution in [0.2, 0.25) is 0 Å². The predicted octanol–water partition coefficient (Wildman–Crippen LogP) is 2.61. The van der Waals surface area contributed by atoms with Gasteiger partial charge in [0.15, 0.2) is 0 Å². The zero-order chi connectivity index (χ0) is 13.0. The number of halogens is 1. The largest absolute Gasteiger partial charge is 0.478 e. The predicted molar refractivity (Wildman–Crippen MR) is 65.0 cm³/mol. The number of hydrogen-bond donors (Lipinski definition) is 1. The molecule has 0 aliphatic rings. The SMILES string of the molecule is O=C(O)c1ccnc(SCc2cncc(F)c2)c1. The van der Waals surface area contributed by atoms with Gasteiger partial charge in [-0.3, -0.25) is 4.98 Å². The van der Waals surface area contributed by atoms with E-state index in [4.69, 9.17) is 5.11 Å². The summed E-state index contributed by atoms with van der Waals surface area (Å²) < 4.78 is 12.9. The number of carboxylic acid groups (broad SMARTS) is 1. The number of hydrogen-bond acceptors (Lipinski definition) is 4. The van der Waals surface area contributed by atoms with Crippen molar-refractivity contribution in [3.05, 3.63) is 53.7 Å². The number of rotatable bonds is 4. The van der Waals surface area contributed by atoms with E-state index >= 15 is 0 Å². The normalized spacial score (nSPS) is 10.3.